The zero-order chi connectivity index (χ0) is 21.1. The van der Waals surface area contributed by atoms with E-state index in [9.17, 15) is 10.1 Å². The molecular weight excluding hydrogens is 376 g/mol. The Morgan fingerprint density at radius 2 is 1.63 bits per heavy atom. The predicted molar refractivity (Wildman–Crippen MR) is 119 cm³/mol. The molecule has 1 unspecified atom stereocenters. The first-order valence-corrected chi connectivity index (χ1v) is 9.97. The number of hydrogen-bond acceptors (Lipinski definition) is 3. The molecule has 152 valence electrons. The van der Waals surface area contributed by atoms with Crippen molar-refractivity contribution in [3.63, 3.8) is 0 Å². The minimum absolute atomic E-state index is 0.194. The Balaban J connectivity index is 1.80. The number of hydrogen-bond donors (Lipinski definition) is 0. The maximum atomic E-state index is 11.7. The van der Waals surface area contributed by atoms with E-state index in [1.165, 1.54) is 0 Å². The van der Waals surface area contributed by atoms with E-state index in [0.717, 1.165) is 33.3 Å². The normalized spacial score (nSPS) is 12.1. The molecule has 1 heterocycles. The van der Waals surface area contributed by atoms with E-state index in [1.807, 2.05) is 92.8 Å². The summed E-state index contributed by atoms with van der Waals surface area (Å²) in [6.45, 7) is 2.24. The van der Waals surface area contributed by atoms with Gasteiger partial charge in [0, 0.05) is 34.1 Å². The number of rotatable bonds is 7. The van der Waals surface area contributed by atoms with Crippen LogP contribution in [-0.2, 0) is 13.7 Å². The number of ether oxygens (including phenoxy) is 1. The zero-order valence-corrected chi connectivity index (χ0v) is 17.1. The second-order valence-electron chi connectivity index (χ2n) is 7.46. The highest BCUT2D eigenvalue weighted by Gasteiger charge is 2.29. The molecule has 1 atom stereocenters. The van der Waals surface area contributed by atoms with Crippen molar-refractivity contribution in [1.29, 1.82) is 0 Å². The van der Waals surface area contributed by atoms with E-state index in [1.54, 1.807) is 0 Å². The molecule has 0 aliphatic heterocycles. The smallest absolute Gasteiger partial charge is 0.214 e. The lowest BCUT2D eigenvalue weighted by Crippen LogP contribution is -2.16. The maximum absolute atomic E-state index is 11.7. The average molecular weight is 400 g/mol. The average Bonchev–Trinajstić information content (AvgIpc) is 3.02. The Labute approximate surface area is 175 Å². The summed E-state index contributed by atoms with van der Waals surface area (Å²) in [5.41, 5.74) is 4.98. The number of nitro groups is 1. The molecule has 3 aromatic carbocycles. The van der Waals surface area contributed by atoms with Crippen LogP contribution >= 0.6 is 0 Å². The third-order valence-electron chi connectivity index (χ3n) is 5.66. The van der Waals surface area contributed by atoms with Crippen molar-refractivity contribution >= 4 is 10.9 Å². The second kappa shape index (κ2) is 8.41. The van der Waals surface area contributed by atoms with Gasteiger partial charge in [-0.05, 0) is 30.2 Å². The summed E-state index contributed by atoms with van der Waals surface area (Å²) in [5, 5.41) is 12.7. The lowest BCUT2D eigenvalue weighted by atomic mass is 9.88. The fourth-order valence-electron chi connectivity index (χ4n) is 4.12. The van der Waals surface area contributed by atoms with Gasteiger partial charge in [-0.1, -0.05) is 66.7 Å². The Morgan fingerprint density at radius 3 is 2.40 bits per heavy atom. The molecule has 5 heteroatoms. The van der Waals surface area contributed by atoms with Crippen LogP contribution in [0.4, 0.5) is 0 Å². The Morgan fingerprint density at radius 1 is 0.967 bits per heavy atom. The van der Waals surface area contributed by atoms with E-state index >= 15 is 0 Å². The van der Waals surface area contributed by atoms with Gasteiger partial charge >= 0.3 is 0 Å². The molecular formula is C25H24N2O3. The molecule has 4 rings (SSSR count). The highest BCUT2D eigenvalue weighted by atomic mass is 16.6. The fraction of sp³-hybridized carbons (Fsp3) is 0.200. The van der Waals surface area contributed by atoms with Gasteiger partial charge in [0.15, 0.2) is 0 Å². The summed E-state index contributed by atoms with van der Waals surface area (Å²) >= 11 is 0. The Kier molecular flexibility index (Phi) is 5.53. The van der Waals surface area contributed by atoms with Gasteiger partial charge in [-0.2, -0.15) is 0 Å². The topological polar surface area (TPSA) is 57.3 Å². The lowest BCUT2D eigenvalue weighted by molar-refractivity contribution is -0.481. The van der Waals surface area contributed by atoms with E-state index in [0.29, 0.717) is 12.4 Å². The summed E-state index contributed by atoms with van der Waals surface area (Å²) in [4.78, 5) is 11.4. The Hall–Kier alpha value is -3.60. The first-order valence-electron chi connectivity index (χ1n) is 9.97. The molecule has 0 saturated heterocycles. The minimum atomic E-state index is -0.405. The van der Waals surface area contributed by atoms with Gasteiger partial charge in [0.2, 0.25) is 6.54 Å². The van der Waals surface area contributed by atoms with Gasteiger partial charge in [-0.15, -0.1) is 0 Å². The van der Waals surface area contributed by atoms with Crippen molar-refractivity contribution in [2.45, 2.75) is 19.4 Å². The van der Waals surface area contributed by atoms with Crippen LogP contribution < -0.4 is 4.74 Å². The van der Waals surface area contributed by atoms with Gasteiger partial charge in [0.25, 0.3) is 0 Å². The first kappa shape index (κ1) is 19.7. The monoisotopic (exact) mass is 400 g/mol. The molecule has 0 bridgehead atoms. The number of aryl methyl sites for hydroxylation is 1. The van der Waals surface area contributed by atoms with Gasteiger partial charge in [-0.3, -0.25) is 10.1 Å². The van der Waals surface area contributed by atoms with Crippen LogP contribution in [0.15, 0.2) is 78.9 Å². The van der Waals surface area contributed by atoms with Crippen LogP contribution in [0.2, 0.25) is 0 Å². The number of aromatic nitrogens is 1. The van der Waals surface area contributed by atoms with Gasteiger partial charge in [-0.25, -0.2) is 0 Å². The third-order valence-corrected chi connectivity index (χ3v) is 5.66. The molecule has 0 aliphatic rings. The standard InChI is InChI=1S/C25H24N2O3/c1-18-25(21-13-6-8-14-23(21)26(18)2)22(16-27(28)29)20-12-7-9-15-24(20)30-17-19-10-4-3-5-11-19/h3-15,22H,16-17H2,1-2H3. The van der Waals surface area contributed by atoms with E-state index in [4.69, 9.17) is 4.74 Å². The van der Waals surface area contributed by atoms with Gasteiger partial charge in [0.1, 0.15) is 12.4 Å². The van der Waals surface area contributed by atoms with Crippen LogP contribution in [0.3, 0.4) is 0 Å². The maximum Gasteiger partial charge on any atom is 0.214 e. The van der Waals surface area contributed by atoms with Crippen molar-refractivity contribution in [3.8, 4) is 5.75 Å². The largest absolute Gasteiger partial charge is 0.489 e. The van der Waals surface area contributed by atoms with Crippen molar-refractivity contribution in [2.75, 3.05) is 6.54 Å². The SMILES string of the molecule is Cc1c(C(C[N+](=O)[O-])c2ccccc2OCc2ccccc2)c2ccccc2n1C. The summed E-state index contributed by atoms with van der Waals surface area (Å²) in [5.74, 6) is 0.276. The predicted octanol–water partition coefficient (Wildman–Crippen LogP) is 5.47. The first-order chi connectivity index (χ1) is 14.6. The number of benzene rings is 3. The molecule has 0 saturated carbocycles. The van der Waals surface area contributed by atoms with Crippen molar-refractivity contribution in [1.82, 2.24) is 4.57 Å². The number of nitrogens with zero attached hydrogens (tertiary/aromatic N) is 2. The molecule has 0 N–H and O–H groups in total. The molecule has 5 nitrogen and oxygen atoms in total. The number of para-hydroxylation sites is 2. The molecule has 30 heavy (non-hydrogen) atoms. The van der Waals surface area contributed by atoms with E-state index in [2.05, 4.69) is 4.57 Å². The van der Waals surface area contributed by atoms with Crippen molar-refractivity contribution in [3.05, 3.63) is 111 Å². The van der Waals surface area contributed by atoms with Gasteiger partial charge < -0.3 is 9.30 Å². The molecule has 0 amide bonds. The molecule has 4 aromatic rings. The Bertz CT molecular complexity index is 1180. The molecule has 0 fully saturated rings. The molecule has 0 aliphatic carbocycles. The van der Waals surface area contributed by atoms with Crippen LogP contribution in [0.5, 0.6) is 5.75 Å². The summed E-state index contributed by atoms with van der Waals surface area (Å²) in [6, 6.07) is 25.6. The number of fused-ring (bicyclic) bond motifs is 1. The van der Waals surface area contributed by atoms with Crippen LogP contribution in [0.25, 0.3) is 10.9 Å². The summed E-state index contributed by atoms with van der Waals surface area (Å²) in [6.07, 6.45) is 0. The lowest BCUT2D eigenvalue weighted by Gasteiger charge is -2.19. The second-order valence-corrected chi connectivity index (χ2v) is 7.46. The van der Waals surface area contributed by atoms with Crippen LogP contribution in [0, 0.1) is 17.0 Å². The summed E-state index contributed by atoms with van der Waals surface area (Å²) in [7, 11) is 2.00. The van der Waals surface area contributed by atoms with E-state index in [-0.39, 0.29) is 11.5 Å². The third kappa shape index (κ3) is 3.79. The summed E-state index contributed by atoms with van der Waals surface area (Å²) < 4.78 is 8.24. The molecule has 0 radical (unpaired) electrons. The quantitative estimate of drug-likeness (QED) is 0.305. The van der Waals surface area contributed by atoms with E-state index < -0.39 is 5.92 Å². The molecule has 0 spiro atoms. The van der Waals surface area contributed by atoms with Gasteiger partial charge in [0.05, 0.1) is 5.92 Å². The highest BCUT2D eigenvalue weighted by Crippen LogP contribution is 2.39. The zero-order valence-electron chi connectivity index (χ0n) is 17.1. The molecule has 1 aromatic heterocycles. The van der Waals surface area contributed by atoms with Crippen molar-refractivity contribution < 1.29 is 9.66 Å². The minimum Gasteiger partial charge on any atom is -0.489 e. The van der Waals surface area contributed by atoms with Crippen molar-refractivity contribution in [2.24, 2.45) is 7.05 Å². The van der Waals surface area contributed by atoms with Crippen LogP contribution in [-0.4, -0.2) is 16.0 Å². The fourth-order valence-corrected chi connectivity index (χ4v) is 4.12. The van der Waals surface area contributed by atoms with Crippen LogP contribution in [0.1, 0.15) is 28.3 Å². The highest BCUT2D eigenvalue weighted by molar-refractivity contribution is 5.86.